The van der Waals surface area contributed by atoms with Crippen LogP contribution in [0.5, 0.6) is 0 Å². The van der Waals surface area contributed by atoms with E-state index < -0.39 is 11.6 Å². The molecule has 3 rings (SSSR count). The van der Waals surface area contributed by atoms with E-state index in [1.165, 1.54) is 12.1 Å². The molecule has 0 aliphatic rings. The molecule has 1 heterocycles. The molecular formula is C15H10ClF2N. The Labute approximate surface area is 114 Å². The number of benzene rings is 2. The van der Waals surface area contributed by atoms with Gasteiger partial charge in [-0.2, -0.15) is 0 Å². The van der Waals surface area contributed by atoms with Gasteiger partial charge in [0.2, 0.25) is 0 Å². The van der Waals surface area contributed by atoms with Crippen molar-refractivity contribution in [3.63, 3.8) is 0 Å². The van der Waals surface area contributed by atoms with Gasteiger partial charge in [-0.3, -0.25) is 0 Å². The summed E-state index contributed by atoms with van der Waals surface area (Å²) in [7, 11) is 0. The summed E-state index contributed by atoms with van der Waals surface area (Å²) in [5.41, 5.74) is 1.52. The highest BCUT2D eigenvalue weighted by molar-refractivity contribution is 6.31. The molecule has 2 aromatic carbocycles. The van der Waals surface area contributed by atoms with Crippen LogP contribution in [0.3, 0.4) is 0 Å². The van der Waals surface area contributed by atoms with Crippen LogP contribution >= 0.6 is 11.6 Å². The molecule has 0 aliphatic carbocycles. The third kappa shape index (κ3) is 2.47. The Morgan fingerprint density at radius 2 is 1.68 bits per heavy atom. The van der Waals surface area contributed by atoms with Crippen LogP contribution in [-0.4, -0.2) is 4.57 Å². The summed E-state index contributed by atoms with van der Waals surface area (Å²) in [5, 5.41) is 1.68. The molecule has 19 heavy (non-hydrogen) atoms. The van der Waals surface area contributed by atoms with E-state index in [1.54, 1.807) is 0 Å². The molecular weight excluding hydrogens is 268 g/mol. The second-order valence-corrected chi connectivity index (χ2v) is 4.86. The molecule has 96 valence electrons. The largest absolute Gasteiger partial charge is 0.343 e. The SMILES string of the molecule is Fc1cc(F)cc(Cn2ccc3ccc(Cl)cc32)c1. The second-order valence-electron chi connectivity index (χ2n) is 4.42. The fraction of sp³-hybridized carbons (Fsp3) is 0.0667. The molecule has 1 nitrogen and oxygen atoms in total. The number of nitrogens with zero attached hydrogens (tertiary/aromatic N) is 1. The zero-order chi connectivity index (χ0) is 13.4. The fourth-order valence-electron chi connectivity index (χ4n) is 2.19. The maximum Gasteiger partial charge on any atom is 0.126 e. The van der Waals surface area contributed by atoms with Crippen molar-refractivity contribution in [2.75, 3.05) is 0 Å². The highest BCUT2D eigenvalue weighted by atomic mass is 35.5. The van der Waals surface area contributed by atoms with Crippen LogP contribution in [0.4, 0.5) is 8.78 Å². The van der Waals surface area contributed by atoms with Crippen LogP contribution in [0.25, 0.3) is 10.9 Å². The van der Waals surface area contributed by atoms with E-state index >= 15 is 0 Å². The van der Waals surface area contributed by atoms with Crippen LogP contribution in [0.15, 0.2) is 48.7 Å². The quantitative estimate of drug-likeness (QED) is 0.644. The third-order valence-electron chi connectivity index (χ3n) is 3.01. The fourth-order valence-corrected chi connectivity index (χ4v) is 2.36. The Kier molecular flexibility index (Phi) is 2.99. The van der Waals surface area contributed by atoms with Crippen molar-refractivity contribution < 1.29 is 8.78 Å². The van der Waals surface area contributed by atoms with Crippen molar-refractivity contribution in [2.45, 2.75) is 6.54 Å². The van der Waals surface area contributed by atoms with E-state index in [9.17, 15) is 8.78 Å². The molecule has 0 atom stereocenters. The number of rotatable bonds is 2. The van der Waals surface area contributed by atoms with Crippen molar-refractivity contribution in [1.29, 1.82) is 0 Å². The summed E-state index contributed by atoms with van der Waals surface area (Å²) in [6, 6.07) is 11.1. The lowest BCUT2D eigenvalue weighted by Gasteiger charge is -2.06. The average Bonchev–Trinajstić information content (AvgIpc) is 2.70. The first-order valence-electron chi connectivity index (χ1n) is 5.81. The molecule has 0 radical (unpaired) electrons. The molecule has 0 bridgehead atoms. The predicted octanol–water partition coefficient (Wildman–Crippen LogP) is 4.62. The smallest absolute Gasteiger partial charge is 0.126 e. The minimum Gasteiger partial charge on any atom is -0.343 e. The lowest BCUT2D eigenvalue weighted by Crippen LogP contribution is -1.99. The summed E-state index contributed by atoms with van der Waals surface area (Å²) < 4.78 is 28.2. The van der Waals surface area contributed by atoms with Gasteiger partial charge in [0.05, 0.1) is 0 Å². The first-order chi connectivity index (χ1) is 9.11. The summed E-state index contributed by atoms with van der Waals surface area (Å²) in [4.78, 5) is 0. The van der Waals surface area contributed by atoms with Gasteiger partial charge in [0.25, 0.3) is 0 Å². The highest BCUT2D eigenvalue weighted by Gasteiger charge is 2.05. The monoisotopic (exact) mass is 277 g/mol. The van der Waals surface area contributed by atoms with E-state index in [1.807, 2.05) is 35.0 Å². The zero-order valence-electron chi connectivity index (χ0n) is 9.91. The van der Waals surface area contributed by atoms with E-state index in [2.05, 4.69) is 0 Å². The summed E-state index contributed by atoms with van der Waals surface area (Å²) in [5.74, 6) is -1.13. The van der Waals surface area contributed by atoms with E-state index in [4.69, 9.17) is 11.6 Å². The van der Waals surface area contributed by atoms with Gasteiger partial charge in [-0.15, -0.1) is 0 Å². The van der Waals surface area contributed by atoms with Crippen LogP contribution in [0.2, 0.25) is 5.02 Å². The number of hydrogen-bond acceptors (Lipinski definition) is 0. The summed E-state index contributed by atoms with van der Waals surface area (Å²) in [6.45, 7) is 0.401. The van der Waals surface area contributed by atoms with Crippen molar-refractivity contribution in [3.05, 3.63) is 70.9 Å². The normalized spacial score (nSPS) is 11.1. The number of fused-ring (bicyclic) bond motifs is 1. The van der Waals surface area contributed by atoms with Crippen molar-refractivity contribution in [2.24, 2.45) is 0 Å². The minimum atomic E-state index is -0.565. The van der Waals surface area contributed by atoms with Gasteiger partial charge in [0, 0.05) is 29.3 Å². The van der Waals surface area contributed by atoms with Crippen molar-refractivity contribution in [1.82, 2.24) is 4.57 Å². The maximum atomic E-state index is 13.2. The Balaban J connectivity index is 2.03. The number of hydrogen-bond donors (Lipinski definition) is 0. The first-order valence-corrected chi connectivity index (χ1v) is 6.19. The molecule has 0 fully saturated rings. The van der Waals surface area contributed by atoms with E-state index in [0.29, 0.717) is 17.1 Å². The topological polar surface area (TPSA) is 4.93 Å². The maximum absolute atomic E-state index is 13.2. The van der Waals surface area contributed by atoms with Gasteiger partial charge in [0.1, 0.15) is 11.6 Å². The van der Waals surface area contributed by atoms with Gasteiger partial charge in [-0.25, -0.2) is 8.78 Å². The summed E-state index contributed by atoms with van der Waals surface area (Å²) in [6.07, 6.45) is 1.88. The Bertz CT molecular complexity index is 729. The first kappa shape index (κ1) is 12.2. The Morgan fingerprint density at radius 3 is 2.42 bits per heavy atom. The molecule has 0 saturated heterocycles. The number of halogens is 3. The molecule has 0 saturated carbocycles. The molecule has 0 aliphatic heterocycles. The molecule has 0 unspecified atom stereocenters. The van der Waals surface area contributed by atoms with Crippen LogP contribution in [-0.2, 0) is 6.54 Å². The standard InChI is InChI=1S/C15H10ClF2N/c16-12-2-1-11-3-4-19(15(11)7-12)9-10-5-13(17)8-14(18)6-10/h1-8H,9H2. The number of aromatic nitrogens is 1. The lowest BCUT2D eigenvalue weighted by molar-refractivity contribution is 0.578. The summed E-state index contributed by atoms with van der Waals surface area (Å²) >= 11 is 5.97. The average molecular weight is 278 g/mol. The Hall–Kier alpha value is -1.87. The molecule has 0 N–H and O–H groups in total. The minimum absolute atomic E-state index is 0.401. The molecule has 4 heteroatoms. The molecule has 3 aromatic rings. The molecule has 0 amide bonds. The van der Waals surface area contributed by atoms with Crippen molar-refractivity contribution >= 4 is 22.5 Å². The highest BCUT2D eigenvalue weighted by Crippen LogP contribution is 2.21. The van der Waals surface area contributed by atoms with E-state index in [0.717, 1.165) is 17.0 Å². The van der Waals surface area contributed by atoms with Gasteiger partial charge in [-0.1, -0.05) is 17.7 Å². The predicted molar refractivity (Wildman–Crippen MR) is 72.4 cm³/mol. The third-order valence-corrected chi connectivity index (χ3v) is 3.25. The lowest BCUT2D eigenvalue weighted by atomic mass is 10.2. The Morgan fingerprint density at radius 1 is 0.947 bits per heavy atom. The van der Waals surface area contributed by atoms with Gasteiger partial charge in [-0.05, 0) is 41.3 Å². The van der Waals surface area contributed by atoms with Gasteiger partial charge >= 0.3 is 0 Å². The van der Waals surface area contributed by atoms with Crippen molar-refractivity contribution in [3.8, 4) is 0 Å². The van der Waals surface area contributed by atoms with Gasteiger partial charge in [0.15, 0.2) is 0 Å². The second kappa shape index (κ2) is 4.67. The zero-order valence-corrected chi connectivity index (χ0v) is 10.7. The van der Waals surface area contributed by atoms with Gasteiger partial charge < -0.3 is 4.57 Å². The van der Waals surface area contributed by atoms with Crippen LogP contribution in [0.1, 0.15) is 5.56 Å². The van der Waals surface area contributed by atoms with E-state index in [-0.39, 0.29) is 0 Å². The van der Waals surface area contributed by atoms with Crippen LogP contribution in [0, 0.1) is 11.6 Å². The molecule has 0 spiro atoms. The van der Waals surface area contributed by atoms with Crippen LogP contribution < -0.4 is 0 Å². The molecule has 1 aromatic heterocycles.